The molecular formula is C15H16N2O3. The van der Waals surface area contributed by atoms with Crippen molar-refractivity contribution in [2.24, 2.45) is 0 Å². The van der Waals surface area contributed by atoms with E-state index in [2.05, 4.69) is 5.32 Å². The maximum absolute atomic E-state index is 11.8. The molecule has 0 radical (unpaired) electrons. The van der Waals surface area contributed by atoms with Crippen LogP contribution >= 0.6 is 0 Å². The molecule has 0 aliphatic heterocycles. The van der Waals surface area contributed by atoms with Gasteiger partial charge < -0.3 is 15.0 Å². The Morgan fingerprint density at radius 2 is 2.05 bits per heavy atom. The van der Waals surface area contributed by atoms with Gasteiger partial charge in [0.25, 0.3) is 0 Å². The number of aromatic nitrogens is 1. The third-order valence-corrected chi connectivity index (χ3v) is 2.93. The second-order valence-corrected chi connectivity index (χ2v) is 4.59. The number of carboxylic acids is 1. The first kappa shape index (κ1) is 13.9. The predicted octanol–water partition coefficient (Wildman–Crippen LogP) is 1.81. The van der Waals surface area contributed by atoms with Crippen LogP contribution in [-0.4, -0.2) is 21.6 Å². The Balaban J connectivity index is 1.93. The number of hydrogen-bond acceptors (Lipinski definition) is 2. The Morgan fingerprint density at radius 1 is 1.25 bits per heavy atom. The molecule has 20 heavy (non-hydrogen) atoms. The number of nitrogens with one attached hydrogen (secondary N) is 1. The minimum Gasteiger partial charge on any atom is -0.477 e. The minimum atomic E-state index is -1.04. The van der Waals surface area contributed by atoms with Gasteiger partial charge in [0, 0.05) is 12.7 Å². The van der Waals surface area contributed by atoms with Crippen LogP contribution in [0.4, 0.5) is 0 Å². The third kappa shape index (κ3) is 3.47. The highest BCUT2D eigenvalue weighted by Crippen LogP contribution is 2.04. The van der Waals surface area contributed by atoms with Crippen molar-refractivity contribution in [3.63, 3.8) is 0 Å². The largest absolute Gasteiger partial charge is 0.477 e. The van der Waals surface area contributed by atoms with Gasteiger partial charge in [-0.15, -0.1) is 0 Å². The monoisotopic (exact) mass is 272 g/mol. The van der Waals surface area contributed by atoms with Crippen LogP contribution in [0.2, 0.25) is 0 Å². The molecular weight excluding hydrogens is 256 g/mol. The molecule has 2 rings (SSSR count). The number of carboxylic acid groups (broad SMARTS) is 1. The van der Waals surface area contributed by atoms with Crippen molar-refractivity contribution in [2.75, 3.05) is 0 Å². The lowest BCUT2D eigenvalue weighted by Crippen LogP contribution is -2.28. The molecule has 0 fully saturated rings. The topological polar surface area (TPSA) is 71.3 Å². The number of carbonyl (C=O) groups is 2. The van der Waals surface area contributed by atoms with Gasteiger partial charge in [0.15, 0.2) is 0 Å². The summed E-state index contributed by atoms with van der Waals surface area (Å²) in [6.45, 7) is 2.43. The fourth-order valence-corrected chi connectivity index (χ4v) is 1.98. The molecule has 5 nitrogen and oxygen atoms in total. The number of aryl methyl sites for hydroxylation is 1. The fraction of sp³-hybridized carbons (Fsp3) is 0.200. The lowest BCUT2D eigenvalue weighted by molar-refractivity contribution is -0.121. The Kier molecular flexibility index (Phi) is 4.20. The molecule has 0 unspecified atom stereocenters. The van der Waals surface area contributed by atoms with E-state index in [0.717, 1.165) is 11.1 Å². The molecule has 104 valence electrons. The van der Waals surface area contributed by atoms with E-state index < -0.39 is 5.97 Å². The lowest BCUT2D eigenvalue weighted by Gasteiger charge is -2.08. The van der Waals surface area contributed by atoms with E-state index in [1.165, 1.54) is 10.6 Å². The second-order valence-electron chi connectivity index (χ2n) is 4.59. The number of amides is 1. The zero-order valence-electron chi connectivity index (χ0n) is 11.2. The van der Waals surface area contributed by atoms with Crippen molar-refractivity contribution in [2.45, 2.75) is 20.0 Å². The molecule has 0 spiro atoms. The lowest BCUT2D eigenvalue weighted by atomic mass is 10.1. The number of carbonyl (C=O) groups excluding carboxylic acids is 1. The van der Waals surface area contributed by atoms with Crippen molar-refractivity contribution in [3.05, 3.63) is 59.4 Å². The van der Waals surface area contributed by atoms with E-state index >= 15 is 0 Å². The number of rotatable bonds is 5. The van der Waals surface area contributed by atoms with Crippen molar-refractivity contribution < 1.29 is 14.7 Å². The van der Waals surface area contributed by atoms with Gasteiger partial charge in [0.2, 0.25) is 5.91 Å². The average molecular weight is 272 g/mol. The van der Waals surface area contributed by atoms with E-state index in [9.17, 15) is 9.59 Å². The molecule has 1 amide bonds. The molecule has 0 atom stereocenters. The SMILES string of the molecule is Cc1cccc(CNC(=O)Cn2cccc2C(=O)O)c1. The highest BCUT2D eigenvalue weighted by Gasteiger charge is 2.11. The maximum atomic E-state index is 11.8. The van der Waals surface area contributed by atoms with E-state index in [1.54, 1.807) is 12.3 Å². The average Bonchev–Trinajstić information content (AvgIpc) is 2.85. The zero-order valence-corrected chi connectivity index (χ0v) is 11.2. The van der Waals surface area contributed by atoms with Gasteiger partial charge >= 0.3 is 5.97 Å². The van der Waals surface area contributed by atoms with Crippen molar-refractivity contribution in [1.82, 2.24) is 9.88 Å². The van der Waals surface area contributed by atoms with Crippen LogP contribution < -0.4 is 5.32 Å². The highest BCUT2D eigenvalue weighted by molar-refractivity contribution is 5.86. The van der Waals surface area contributed by atoms with E-state index in [4.69, 9.17) is 5.11 Å². The second kappa shape index (κ2) is 6.06. The van der Waals surface area contributed by atoms with Crippen molar-refractivity contribution in [1.29, 1.82) is 0 Å². The summed E-state index contributed by atoms with van der Waals surface area (Å²) < 4.78 is 1.41. The molecule has 1 aromatic carbocycles. The normalized spacial score (nSPS) is 10.2. The molecule has 0 bridgehead atoms. The van der Waals surface area contributed by atoms with Crippen LogP contribution in [0, 0.1) is 6.92 Å². The van der Waals surface area contributed by atoms with Crippen LogP contribution in [0.3, 0.4) is 0 Å². The van der Waals surface area contributed by atoms with Crippen LogP contribution in [0.1, 0.15) is 21.6 Å². The quantitative estimate of drug-likeness (QED) is 0.872. The number of benzene rings is 1. The van der Waals surface area contributed by atoms with Crippen LogP contribution in [0.25, 0.3) is 0 Å². The van der Waals surface area contributed by atoms with Gasteiger partial charge in [-0.1, -0.05) is 29.8 Å². The number of hydrogen-bond donors (Lipinski definition) is 2. The summed E-state index contributed by atoms with van der Waals surface area (Å²) in [6, 6.07) is 10.9. The van der Waals surface area contributed by atoms with Crippen molar-refractivity contribution in [3.8, 4) is 0 Å². The number of nitrogens with zero attached hydrogens (tertiary/aromatic N) is 1. The van der Waals surface area contributed by atoms with Crippen LogP contribution in [-0.2, 0) is 17.9 Å². The van der Waals surface area contributed by atoms with E-state index in [1.807, 2.05) is 31.2 Å². The first-order chi connectivity index (χ1) is 9.56. The Morgan fingerprint density at radius 3 is 2.75 bits per heavy atom. The third-order valence-electron chi connectivity index (χ3n) is 2.93. The number of aromatic carboxylic acids is 1. The van der Waals surface area contributed by atoms with E-state index in [-0.39, 0.29) is 18.1 Å². The molecule has 2 N–H and O–H groups in total. The molecule has 2 aromatic rings. The van der Waals surface area contributed by atoms with E-state index in [0.29, 0.717) is 6.54 Å². The molecule has 0 aliphatic rings. The maximum Gasteiger partial charge on any atom is 0.352 e. The van der Waals surface area contributed by atoms with Gasteiger partial charge in [-0.25, -0.2) is 4.79 Å². The molecule has 0 aliphatic carbocycles. The van der Waals surface area contributed by atoms with Gasteiger partial charge in [-0.2, -0.15) is 0 Å². The Labute approximate surface area is 116 Å². The summed E-state index contributed by atoms with van der Waals surface area (Å²) in [5.74, 6) is -1.26. The zero-order chi connectivity index (χ0) is 14.5. The van der Waals surface area contributed by atoms with Gasteiger partial charge in [0.05, 0.1) is 0 Å². The first-order valence-electron chi connectivity index (χ1n) is 6.27. The summed E-state index contributed by atoms with van der Waals surface area (Å²) in [4.78, 5) is 22.7. The highest BCUT2D eigenvalue weighted by atomic mass is 16.4. The summed E-state index contributed by atoms with van der Waals surface area (Å²) in [6.07, 6.45) is 1.58. The summed E-state index contributed by atoms with van der Waals surface area (Å²) in [5, 5.41) is 11.7. The fourth-order valence-electron chi connectivity index (χ4n) is 1.98. The Bertz CT molecular complexity index is 632. The molecule has 0 saturated carbocycles. The first-order valence-corrected chi connectivity index (χ1v) is 6.27. The predicted molar refractivity (Wildman–Crippen MR) is 74.4 cm³/mol. The summed E-state index contributed by atoms with van der Waals surface area (Å²) in [5.41, 5.74) is 2.26. The summed E-state index contributed by atoms with van der Waals surface area (Å²) in [7, 11) is 0. The molecule has 5 heteroatoms. The van der Waals surface area contributed by atoms with Gasteiger partial charge in [-0.05, 0) is 24.6 Å². The standard InChI is InChI=1S/C15H16N2O3/c1-11-4-2-5-12(8-11)9-16-14(18)10-17-7-3-6-13(17)15(19)20/h2-8H,9-10H2,1H3,(H,16,18)(H,19,20). The van der Waals surface area contributed by atoms with Crippen LogP contribution in [0.15, 0.2) is 42.6 Å². The van der Waals surface area contributed by atoms with Crippen LogP contribution in [0.5, 0.6) is 0 Å². The van der Waals surface area contributed by atoms with Gasteiger partial charge in [0.1, 0.15) is 12.2 Å². The molecule has 0 saturated heterocycles. The molecule has 1 aromatic heterocycles. The van der Waals surface area contributed by atoms with Gasteiger partial charge in [-0.3, -0.25) is 4.79 Å². The van der Waals surface area contributed by atoms with Crippen molar-refractivity contribution >= 4 is 11.9 Å². The smallest absolute Gasteiger partial charge is 0.352 e. The summed E-state index contributed by atoms with van der Waals surface area (Å²) >= 11 is 0. The molecule has 1 heterocycles. The Hall–Kier alpha value is -2.56. The minimum absolute atomic E-state index is 0.000445.